The van der Waals surface area contributed by atoms with E-state index in [4.69, 9.17) is 0 Å². The van der Waals surface area contributed by atoms with Crippen LogP contribution in [0.15, 0.2) is 24.3 Å². The summed E-state index contributed by atoms with van der Waals surface area (Å²) < 4.78 is 0. The number of rotatable bonds is 8. The minimum absolute atomic E-state index is 0.0149. The van der Waals surface area contributed by atoms with Crippen LogP contribution in [0.3, 0.4) is 0 Å². The first-order valence-electron chi connectivity index (χ1n) is 11.7. The van der Waals surface area contributed by atoms with Crippen LogP contribution < -0.4 is 15.5 Å². The van der Waals surface area contributed by atoms with Gasteiger partial charge in [0.15, 0.2) is 0 Å². The maximum Gasteiger partial charge on any atom is 0.226 e. The van der Waals surface area contributed by atoms with E-state index in [2.05, 4.69) is 21.6 Å². The van der Waals surface area contributed by atoms with E-state index in [9.17, 15) is 14.4 Å². The Bertz CT molecular complexity index is 768. The summed E-state index contributed by atoms with van der Waals surface area (Å²) >= 11 is 0. The predicted molar refractivity (Wildman–Crippen MR) is 123 cm³/mol. The fourth-order valence-electron chi connectivity index (χ4n) is 4.42. The molecule has 3 rings (SSSR count). The highest BCUT2D eigenvalue weighted by atomic mass is 16.2. The SMILES string of the molecule is CCCC(=O)N1CCC(C(=O)NC(C)CC(=O)Nc2cccc(N3CCCC3)c2)CC1. The fraction of sp³-hybridized carbons (Fsp3) is 0.625. The van der Waals surface area contributed by atoms with Crippen LogP contribution >= 0.6 is 0 Å². The van der Waals surface area contributed by atoms with Crippen molar-refractivity contribution in [1.29, 1.82) is 0 Å². The summed E-state index contributed by atoms with van der Waals surface area (Å²) in [6.07, 6.45) is 5.44. The van der Waals surface area contributed by atoms with Crippen molar-refractivity contribution in [3.8, 4) is 0 Å². The minimum atomic E-state index is -0.242. The Morgan fingerprint density at radius 1 is 1.10 bits per heavy atom. The minimum Gasteiger partial charge on any atom is -0.371 e. The highest BCUT2D eigenvalue weighted by Gasteiger charge is 2.27. The van der Waals surface area contributed by atoms with Gasteiger partial charge in [0.05, 0.1) is 0 Å². The summed E-state index contributed by atoms with van der Waals surface area (Å²) in [6.45, 7) is 7.26. The molecule has 1 aromatic rings. The molecule has 0 aromatic heterocycles. The number of likely N-dealkylation sites (tertiary alicyclic amines) is 1. The summed E-state index contributed by atoms with van der Waals surface area (Å²) in [7, 11) is 0. The Kier molecular flexibility index (Phi) is 8.32. The topological polar surface area (TPSA) is 81.8 Å². The smallest absolute Gasteiger partial charge is 0.226 e. The molecule has 0 spiro atoms. The van der Waals surface area contributed by atoms with Gasteiger partial charge in [-0.2, -0.15) is 0 Å². The first kappa shape index (κ1) is 23.1. The van der Waals surface area contributed by atoms with Crippen LogP contribution in [-0.4, -0.2) is 54.8 Å². The Labute approximate surface area is 185 Å². The maximum atomic E-state index is 12.6. The number of hydrogen-bond acceptors (Lipinski definition) is 4. The number of anilines is 2. The maximum absolute atomic E-state index is 12.6. The summed E-state index contributed by atoms with van der Waals surface area (Å²) in [4.78, 5) is 41.3. The molecule has 2 aliphatic rings. The number of nitrogens with one attached hydrogen (secondary N) is 2. The molecular formula is C24H36N4O3. The molecular weight excluding hydrogens is 392 g/mol. The van der Waals surface area contributed by atoms with E-state index in [1.807, 2.05) is 36.9 Å². The van der Waals surface area contributed by atoms with Crippen molar-refractivity contribution in [3.63, 3.8) is 0 Å². The summed E-state index contributed by atoms with van der Waals surface area (Å²) in [5.41, 5.74) is 1.93. The second-order valence-electron chi connectivity index (χ2n) is 8.81. The molecule has 2 heterocycles. The normalized spacial score (nSPS) is 18.0. The van der Waals surface area contributed by atoms with Crippen molar-refractivity contribution in [3.05, 3.63) is 24.3 Å². The van der Waals surface area contributed by atoms with Gasteiger partial charge < -0.3 is 20.4 Å². The standard InChI is InChI=1S/C24H36N4O3/c1-3-7-23(30)28-14-10-19(11-15-28)24(31)25-18(2)16-22(29)26-20-8-6-9-21(17-20)27-12-4-5-13-27/h6,8-9,17-19H,3-5,7,10-16H2,1-2H3,(H,25,31)(H,26,29). The highest BCUT2D eigenvalue weighted by Crippen LogP contribution is 2.23. The summed E-state index contributed by atoms with van der Waals surface area (Å²) in [5, 5.41) is 5.94. The highest BCUT2D eigenvalue weighted by molar-refractivity contribution is 5.92. The molecule has 0 aliphatic carbocycles. The second kappa shape index (κ2) is 11.2. The summed E-state index contributed by atoms with van der Waals surface area (Å²) in [5.74, 6) is -0.0289. The lowest BCUT2D eigenvalue weighted by Crippen LogP contribution is -2.45. The zero-order valence-corrected chi connectivity index (χ0v) is 18.9. The number of carbonyl (C=O) groups is 3. The van der Waals surface area contributed by atoms with Crippen LogP contribution in [0, 0.1) is 5.92 Å². The van der Waals surface area contributed by atoms with Gasteiger partial charge >= 0.3 is 0 Å². The monoisotopic (exact) mass is 428 g/mol. The van der Waals surface area contributed by atoms with E-state index < -0.39 is 0 Å². The Morgan fingerprint density at radius 3 is 2.48 bits per heavy atom. The molecule has 2 N–H and O–H groups in total. The van der Waals surface area contributed by atoms with E-state index in [-0.39, 0.29) is 36.1 Å². The number of benzene rings is 1. The van der Waals surface area contributed by atoms with Crippen molar-refractivity contribution in [2.45, 2.75) is 64.8 Å². The summed E-state index contributed by atoms with van der Waals surface area (Å²) in [6, 6.07) is 7.71. The van der Waals surface area contributed by atoms with E-state index >= 15 is 0 Å². The van der Waals surface area contributed by atoms with Crippen LogP contribution in [-0.2, 0) is 14.4 Å². The molecule has 31 heavy (non-hydrogen) atoms. The van der Waals surface area contributed by atoms with Gasteiger partial charge in [0.25, 0.3) is 0 Å². The Morgan fingerprint density at radius 2 is 1.81 bits per heavy atom. The van der Waals surface area contributed by atoms with Gasteiger partial charge in [0, 0.05) is 62.4 Å². The van der Waals surface area contributed by atoms with Gasteiger partial charge in [0.2, 0.25) is 17.7 Å². The van der Waals surface area contributed by atoms with Gasteiger partial charge in [-0.1, -0.05) is 13.0 Å². The molecule has 1 unspecified atom stereocenters. The Hall–Kier alpha value is -2.57. The van der Waals surface area contributed by atoms with Crippen molar-refractivity contribution in [2.75, 3.05) is 36.4 Å². The van der Waals surface area contributed by atoms with E-state index in [1.54, 1.807) is 0 Å². The van der Waals surface area contributed by atoms with E-state index in [0.29, 0.717) is 32.4 Å². The third kappa shape index (κ3) is 6.71. The number of amides is 3. The van der Waals surface area contributed by atoms with Crippen LogP contribution in [0.4, 0.5) is 11.4 Å². The van der Waals surface area contributed by atoms with Gasteiger partial charge in [-0.3, -0.25) is 14.4 Å². The largest absolute Gasteiger partial charge is 0.371 e. The average Bonchev–Trinajstić information content (AvgIpc) is 3.29. The molecule has 1 aromatic carbocycles. The third-order valence-corrected chi connectivity index (χ3v) is 6.16. The van der Waals surface area contributed by atoms with Crippen LogP contribution in [0.2, 0.25) is 0 Å². The number of carbonyl (C=O) groups excluding carboxylic acids is 3. The molecule has 2 saturated heterocycles. The first-order chi connectivity index (χ1) is 15.0. The lowest BCUT2D eigenvalue weighted by Gasteiger charge is -2.32. The molecule has 7 heteroatoms. The molecule has 7 nitrogen and oxygen atoms in total. The zero-order chi connectivity index (χ0) is 22.2. The molecule has 0 radical (unpaired) electrons. The van der Waals surface area contributed by atoms with Crippen molar-refractivity contribution >= 4 is 29.1 Å². The van der Waals surface area contributed by atoms with E-state index in [1.165, 1.54) is 12.8 Å². The lowest BCUT2D eigenvalue weighted by molar-refractivity contribution is -0.136. The third-order valence-electron chi connectivity index (χ3n) is 6.16. The number of hydrogen-bond donors (Lipinski definition) is 2. The van der Waals surface area contributed by atoms with Crippen molar-refractivity contribution in [2.24, 2.45) is 5.92 Å². The first-order valence-corrected chi connectivity index (χ1v) is 11.7. The van der Waals surface area contributed by atoms with Gasteiger partial charge in [-0.05, 0) is 57.2 Å². The molecule has 3 amide bonds. The Balaban J connectivity index is 1.41. The molecule has 0 saturated carbocycles. The van der Waals surface area contributed by atoms with Gasteiger partial charge in [0.1, 0.15) is 0 Å². The predicted octanol–water partition coefficient (Wildman–Crippen LogP) is 3.16. The molecule has 1 atom stereocenters. The van der Waals surface area contributed by atoms with Crippen LogP contribution in [0.1, 0.15) is 58.8 Å². The van der Waals surface area contributed by atoms with E-state index in [0.717, 1.165) is 30.9 Å². The number of nitrogens with zero attached hydrogens (tertiary/aromatic N) is 2. The molecule has 2 aliphatic heterocycles. The quantitative estimate of drug-likeness (QED) is 0.666. The van der Waals surface area contributed by atoms with Crippen LogP contribution in [0.25, 0.3) is 0 Å². The van der Waals surface area contributed by atoms with Crippen molar-refractivity contribution in [1.82, 2.24) is 10.2 Å². The average molecular weight is 429 g/mol. The van der Waals surface area contributed by atoms with Crippen molar-refractivity contribution < 1.29 is 14.4 Å². The molecule has 0 bridgehead atoms. The molecule has 170 valence electrons. The van der Waals surface area contributed by atoms with Crippen LogP contribution in [0.5, 0.6) is 0 Å². The number of piperidine rings is 1. The lowest BCUT2D eigenvalue weighted by atomic mass is 9.95. The zero-order valence-electron chi connectivity index (χ0n) is 18.9. The second-order valence-corrected chi connectivity index (χ2v) is 8.81. The van der Waals surface area contributed by atoms with Gasteiger partial charge in [-0.15, -0.1) is 0 Å². The fourth-order valence-corrected chi connectivity index (χ4v) is 4.42. The van der Waals surface area contributed by atoms with Gasteiger partial charge in [-0.25, -0.2) is 0 Å². The molecule has 2 fully saturated rings.